The van der Waals surface area contributed by atoms with Crippen LogP contribution in [0.3, 0.4) is 0 Å². The Morgan fingerprint density at radius 1 is 1.35 bits per heavy atom. The van der Waals surface area contributed by atoms with Gasteiger partial charge in [-0.25, -0.2) is 4.98 Å². The van der Waals surface area contributed by atoms with E-state index in [1.165, 1.54) is 0 Å². The van der Waals surface area contributed by atoms with E-state index in [4.69, 9.17) is 4.74 Å². The van der Waals surface area contributed by atoms with Gasteiger partial charge in [0.1, 0.15) is 5.75 Å². The molecule has 3 rings (SSSR count). The third-order valence-electron chi connectivity index (χ3n) is 3.32. The van der Waals surface area contributed by atoms with E-state index in [2.05, 4.69) is 20.5 Å². The molecule has 2 aromatic heterocycles. The van der Waals surface area contributed by atoms with Crippen LogP contribution in [0.25, 0.3) is 17.0 Å². The lowest BCUT2D eigenvalue weighted by Crippen LogP contribution is -2.11. The summed E-state index contributed by atoms with van der Waals surface area (Å²) >= 11 is 0. The van der Waals surface area contributed by atoms with Gasteiger partial charge in [-0.2, -0.15) is 5.10 Å². The zero-order valence-electron chi connectivity index (χ0n) is 13.0. The average Bonchev–Trinajstić information content (AvgIpc) is 3.00. The molecule has 3 aromatic rings. The van der Waals surface area contributed by atoms with Crippen LogP contribution in [-0.2, 0) is 4.79 Å². The second kappa shape index (κ2) is 6.43. The molecule has 0 unspecified atom stereocenters. The van der Waals surface area contributed by atoms with Crippen LogP contribution in [0.5, 0.6) is 5.75 Å². The lowest BCUT2D eigenvalue weighted by Gasteiger charge is -2.12. The smallest absolute Gasteiger partial charge is 0.254 e. The summed E-state index contributed by atoms with van der Waals surface area (Å²) in [5.41, 5.74) is 2.25. The highest BCUT2D eigenvalue weighted by atomic mass is 16.5. The van der Waals surface area contributed by atoms with Gasteiger partial charge in [0.15, 0.2) is 0 Å². The normalized spacial score (nSPS) is 10.7. The molecule has 0 bridgehead atoms. The largest absolute Gasteiger partial charge is 0.492 e. The Morgan fingerprint density at radius 2 is 2.22 bits per heavy atom. The van der Waals surface area contributed by atoms with Crippen molar-refractivity contribution in [1.82, 2.24) is 19.6 Å². The van der Waals surface area contributed by atoms with Gasteiger partial charge in [0, 0.05) is 24.4 Å². The minimum Gasteiger partial charge on any atom is -0.492 e. The number of fused-ring (bicyclic) bond motifs is 1. The highest BCUT2D eigenvalue weighted by molar-refractivity contribution is 5.93. The average molecular weight is 311 g/mol. The lowest BCUT2D eigenvalue weighted by atomic mass is 10.1. The number of anilines is 1. The molecule has 0 saturated heterocycles. The Morgan fingerprint density at radius 3 is 2.96 bits per heavy atom. The Bertz CT molecular complexity index is 810. The van der Waals surface area contributed by atoms with Crippen LogP contribution < -0.4 is 10.1 Å². The minimum atomic E-state index is -0.0658. The van der Waals surface area contributed by atoms with Gasteiger partial charge in [-0.1, -0.05) is 6.92 Å². The first-order valence-electron chi connectivity index (χ1n) is 7.44. The summed E-state index contributed by atoms with van der Waals surface area (Å²) in [5.74, 6) is 1.10. The zero-order valence-corrected chi connectivity index (χ0v) is 13.0. The second-order valence-corrected chi connectivity index (χ2v) is 4.89. The first kappa shape index (κ1) is 15.0. The molecule has 0 radical (unpaired) electrons. The van der Waals surface area contributed by atoms with Crippen molar-refractivity contribution in [3.63, 3.8) is 0 Å². The van der Waals surface area contributed by atoms with E-state index in [1.54, 1.807) is 23.7 Å². The maximum atomic E-state index is 11.7. The van der Waals surface area contributed by atoms with Crippen molar-refractivity contribution in [2.24, 2.45) is 0 Å². The fourth-order valence-corrected chi connectivity index (χ4v) is 2.20. The lowest BCUT2D eigenvalue weighted by molar-refractivity contribution is -0.115. The number of ether oxygens (including phenoxy) is 1. The molecule has 1 N–H and O–H groups in total. The molecule has 0 aliphatic heterocycles. The number of rotatable bonds is 5. The molecule has 0 atom stereocenters. The Hall–Kier alpha value is -2.96. The quantitative estimate of drug-likeness (QED) is 0.783. The highest BCUT2D eigenvalue weighted by Crippen LogP contribution is 2.30. The van der Waals surface area contributed by atoms with E-state index >= 15 is 0 Å². The number of hydrogen-bond donors (Lipinski definition) is 1. The van der Waals surface area contributed by atoms with Crippen LogP contribution in [0.2, 0.25) is 0 Å². The maximum Gasteiger partial charge on any atom is 0.254 e. The molecular weight excluding hydrogens is 294 g/mol. The standard InChI is InChI=1S/C16H17N5O2/c1-3-15(22)18-12-9-11(5-6-14(12)23-4-2)13-10-21-8-7-17-20-16(21)19-13/h5-10H,3-4H2,1-2H3,(H,18,22). The first-order chi connectivity index (χ1) is 11.2. The number of benzene rings is 1. The van der Waals surface area contributed by atoms with Crippen LogP contribution in [-0.4, -0.2) is 32.1 Å². The van der Waals surface area contributed by atoms with Crippen molar-refractivity contribution >= 4 is 17.4 Å². The molecule has 118 valence electrons. The number of nitrogens with one attached hydrogen (secondary N) is 1. The molecule has 23 heavy (non-hydrogen) atoms. The molecule has 7 nitrogen and oxygen atoms in total. The molecule has 1 amide bonds. The summed E-state index contributed by atoms with van der Waals surface area (Å²) in [6.45, 7) is 4.23. The zero-order chi connectivity index (χ0) is 16.2. The number of imidazole rings is 1. The van der Waals surface area contributed by atoms with Crippen molar-refractivity contribution in [3.8, 4) is 17.0 Å². The number of nitrogens with zero attached hydrogens (tertiary/aromatic N) is 4. The van der Waals surface area contributed by atoms with Crippen LogP contribution in [0.15, 0.2) is 36.8 Å². The van der Waals surface area contributed by atoms with Crippen LogP contribution in [0.1, 0.15) is 20.3 Å². The van der Waals surface area contributed by atoms with E-state index in [0.29, 0.717) is 30.2 Å². The Labute approximate surface area is 133 Å². The van der Waals surface area contributed by atoms with Crippen LogP contribution >= 0.6 is 0 Å². The van der Waals surface area contributed by atoms with Crippen LogP contribution in [0.4, 0.5) is 5.69 Å². The van der Waals surface area contributed by atoms with Gasteiger partial charge >= 0.3 is 0 Å². The summed E-state index contributed by atoms with van der Waals surface area (Å²) in [4.78, 5) is 16.2. The summed E-state index contributed by atoms with van der Waals surface area (Å²) < 4.78 is 7.36. The summed E-state index contributed by atoms with van der Waals surface area (Å²) in [6, 6.07) is 5.59. The van der Waals surface area contributed by atoms with Gasteiger partial charge in [-0.15, -0.1) is 5.10 Å². The first-order valence-corrected chi connectivity index (χ1v) is 7.44. The molecule has 0 aliphatic rings. The van der Waals surface area contributed by atoms with E-state index in [0.717, 1.165) is 11.3 Å². The van der Waals surface area contributed by atoms with Crippen molar-refractivity contribution in [1.29, 1.82) is 0 Å². The van der Waals surface area contributed by atoms with Crippen molar-refractivity contribution in [2.45, 2.75) is 20.3 Å². The van der Waals surface area contributed by atoms with E-state index in [-0.39, 0.29) is 5.91 Å². The maximum absolute atomic E-state index is 11.7. The third kappa shape index (κ3) is 3.13. The van der Waals surface area contributed by atoms with Gasteiger partial charge in [-0.05, 0) is 25.1 Å². The Kier molecular flexibility index (Phi) is 4.18. The summed E-state index contributed by atoms with van der Waals surface area (Å²) in [6.07, 6.45) is 5.65. The fourth-order valence-electron chi connectivity index (χ4n) is 2.20. The van der Waals surface area contributed by atoms with Gasteiger partial charge in [-0.3, -0.25) is 9.20 Å². The van der Waals surface area contributed by atoms with Crippen molar-refractivity contribution < 1.29 is 9.53 Å². The molecular formula is C16H17N5O2. The predicted molar refractivity (Wildman–Crippen MR) is 86.3 cm³/mol. The molecule has 0 fully saturated rings. The van der Waals surface area contributed by atoms with Crippen LogP contribution in [0, 0.1) is 0 Å². The summed E-state index contributed by atoms with van der Waals surface area (Å²) in [5, 5.41) is 10.6. The number of carbonyl (C=O) groups is 1. The van der Waals surface area contributed by atoms with Gasteiger partial charge < -0.3 is 10.1 Å². The van der Waals surface area contributed by atoms with Gasteiger partial charge in [0.25, 0.3) is 5.78 Å². The topological polar surface area (TPSA) is 81.4 Å². The number of hydrogen-bond acceptors (Lipinski definition) is 5. The predicted octanol–water partition coefficient (Wildman–Crippen LogP) is 2.54. The van der Waals surface area contributed by atoms with Crippen molar-refractivity contribution in [2.75, 3.05) is 11.9 Å². The number of carbonyl (C=O) groups excluding carboxylic acids is 1. The van der Waals surface area contributed by atoms with Gasteiger partial charge in [0.05, 0.1) is 24.2 Å². The van der Waals surface area contributed by atoms with E-state index in [9.17, 15) is 4.79 Å². The fraction of sp³-hybridized carbons (Fsp3) is 0.250. The van der Waals surface area contributed by atoms with E-state index < -0.39 is 0 Å². The number of aromatic nitrogens is 4. The molecule has 0 aliphatic carbocycles. The number of amides is 1. The molecule has 0 spiro atoms. The molecule has 1 aromatic carbocycles. The third-order valence-corrected chi connectivity index (χ3v) is 3.32. The monoisotopic (exact) mass is 311 g/mol. The molecule has 7 heteroatoms. The van der Waals surface area contributed by atoms with E-state index in [1.807, 2.05) is 31.3 Å². The highest BCUT2D eigenvalue weighted by Gasteiger charge is 2.11. The van der Waals surface area contributed by atoms with Gasteiger partial charge in [0.2, 0.25) is 5.91 Å². The summed E-state index contributed by atoms with van der Waals surface area (Å²) in [7, 11) is 0. The minimum absolute atomic E-state index is 0.0658. The molecule has 2 heterocycles. The SMILES string of the molecule is CCOc1ccc(-c2cn3ccnnc3n2)cc1NC(=O)CC. The van der Waals surface area contributed by atoms with Crippen molar-refractivity contribution in [3.05, 3.63) is 36.8 Å². The Balaban J connectivity index is 2.01. The second-order valence-electron chi connectivity index (χ2n) is 4.89. The molecule has 0 saturated carbocycles.